The van der Waals surface area contributed by atoms with Crippen molar-refractivity contribution in [2.75, 3.05) is 0 Å². The smallest absolute Gasteiger partial charge is 0.272 e. The quantitative estimate of drug-likeness (QED) is 0.0773. The number of carbonyl (C=O) groups excluding carboxylic acids is 3. The number of hydrogen-bond acceptors (Lipinski definition) is 10. The van der Waals surface area contributed by atoms with Gasteiger partial charge in [-0.05, 0) is 202 Å². The zero-order valence-electron chi connectivity index (χ0n) is 52.1. The summed E-state index contributed by atoms with van der Waals surface area (Å²) < 4.78 is 8.20. The second-order valence-corrected chi connectivity index (χ2v) is 31.5. The van der Waals surface area contributed by atoms with Gasteiger partial charge in [0.05, 0.1) is 99.0 Å². The predicted octanol–water partition coefficient (Wildman–Crippen LogP) is 22.6. The molecule has 12 aromatic rings. The van der Waals surface area contributed by atoms with Crippen LogP contribution in [0.25, 0.3) is 48.8 Å². The van der Waals surface area contributed by atoms with Crippen LogP contribution in [0.4, 0.5) is 0 Å². The van der Waals surface area contributed by atoms with Gasteiger partial charge >= 0.3 is 0 Å². The molecule has 492 valence electrons. The molecular formula is C71H59Br3Cl6N10O3S3. The molecule has 0 bridgehead atoms. The van der Waals surface area contributed by atoms with E-state index < -0.39 is 0 Å². The average Bonchev–Trinajstić information content (AvgIpc) is 1.63. The molecule has 0 radical (unpaired) electrons. The minimum atomic E-state index is -0.267. The number of rotatable bonds is 18. The van der Waals surface area contributed by atoms with E-state index in [0.717, 1.165) is 76.6 Å². The summed E-state index contributed by atoms with van der Waals surface area (Å²) >= 11 is 53.2. The number of hydrogen-bond donors (Lipinski definition) is 3. The number of pyridine rings is 1. The van der Waals surface area contributed by atoms with E-state index in [1.54, 1.807) is 90.7 Å². The summed E-state index contributed by atoms with van der Waals surface area (Å²) in [6.07, 6.45) is 3.60. The molecule has 0 spiro atoms. The van der Waals surface area contributed by atoms with Crippen molar-refractivity contribution < 1.29 is 14.4 Å². The lowest BCUT2D eigenvalue weighted by Crippen LogP contribution is -2.28. The van der Waals surface area contributed by atoms with Crippen LogP contribution >= 0.6 is 151 Å². The summed E-state index contributed by atoms with van der Waals surface area (Å²) in [4.78, 5) is 47.3. The molecule has 7 heterocycles. The molecule has 0 aliphatic rings. The van der Waals surface area contributed by atoms with E-state index in [1.807, 2.05) is 175 Å². The van der Waals surface area contributed by atoms with Crippen molar-refractivity contribution >= 4 is 169 Å². The Morgan fingerprint density at radius 1 is 0.417 bits per heavy atom. The highest BCUT2D eigenvalue weighted by molar-refractivity contribution is 9.11. The highest BCUT2D eigenvalue weighted by atomic mass is 79.9. The van der Waals surface area contributed by atoms with Crippen LogP contribution in [-0.4, -0.2) is 52.0 Å². The number of aromatic nitrogens is 7. The first-order valence-corrected chi connectivity index (χ1v) is 37.2. The molecule has 0 fully saturated rings. The van der Waals surface area contributed by atoms with Crippen molar-refractivity contribution in [1.29, 1.82) is 0 Å². The topological polar surface area (TPSA) is 154 Å². The molecule has 12 rings (SSSR count). The van der Waals surface area contributed by atoms with Crippen LogP contribution in [-0.2, 0) is 19.3 Å². The third-order valence-corrected chi connectivity index (χ3v) is 21.8. The fourth-order valence-corrected chi connectivity index (χ4v) is 16.4. The molecule has 0 aliphatic heterocycles. The lowest BCUT2D eigenvalue weighted by Gasteiger charge is -2.13. The molecule has 96 heavy (non-hydrogen) atoms. The molecule has 13 nitrogen and oxygen atoms in total. The van der Waals surface area contributed by atoms with Gasteiger partial charge in [0.1, 0.15) is 0 Å². The lowest BCUT2D eigenvalue weighted by molar-refractivity contribution is 0.0924. The van der Waals surface area contributed by atoms with E-state index in [9.17, 15) is 14.4 Å². The second kappa shape index (κ2) is 33.0. The van der Waals surface area contributed by atoms with Gasteiger partial charge in [0, 0.05) is 38.0 Å². The van der Waals surface area contributed by atoms with Crippen LogP contribution in [0, 0.1) is 0 Å². The van der Waals surface area contributed by atoms with Gasteiger partial charge in [0.25, 0.3) is 17.7 Å². The van der Waals surface area contributed by atoms with Crippen LogP contribution < -0.4 is 16.0 Å². The zero-order chi connectivity index (χ0) is 68.5. The van der Waals surface area contributed by atoms with Crippen LogP contribution in [0.5, 0.6) is 0 Å². The normalized spacial score (nSPS) is 12.0. The van der Waals surface area contributed by atoms with Crippen molar-refractivity contribution in [3.8, 4) is 48.8 Å². The van der Waals surface area contributed by atoms with Crippen LogP contribution in [0.3, 0.4) is 0 Å². The summed E-state index contributed by atoms with van der Waals surface area (Å²) in [5.74, 6) is -0.710. The summed E-state index contributed by atoms with van der Waals surface area (Å²) in [5.41, 5.74) is 11.1. The van der Waals surface area contributed by atoms with Gasteiger partial charge in [-0.2, -0.15) is 15.3 Å². The first kappa shape index (κ1) is 72.3. The van der Waals surface area contributed by atoms with Gasteiger partial charge in [-0.1, -0.05) is 157 Å². The number of thiophene rings is 3. The lowest BCUT2D eigenvalue weighted by atomic mass is 10.1. The molecule has 3 atom stereocenters. The number of nitrogens with zero attached hydrogens (tertiary/aromatic N) is 7. The Morgan fingerprint density at radius 3 is 1.00 bits per heavy atom. The molecule has 0 saturated heterocycles. The first-order valence-electron chi connectivity index (χ1n) is 30.1. The fourth-order valence-electron chi connectivity index (χ4n) is 10.6. The Balaban J connectivity index is 0.000000157. The fraction of sp³-hybridized carbons (Fsp3) is 0.169. The maximum Gasteiger partial charge on any atom is 0.272 e. The zero-order valence-corrected chi connectivity index (χ0v) is 63.8. The van der Waals surface area contributed by atoms with E-state index >= 15 is 0 Å². The van der Waals surface area contributed by atoms with E-state index in [4.69, 9.17) is 84.9 Å². The van der Waals surface area contributed by atoms with E-state index in [-0.39, 0.29) is 35.8 Å². The van der Waals surface area contributed by atoms with Crippen molar-refractivity contribution in [3.63, 3.8) is 0 Å². The number of halogens is 9. The van der Waals surface area contributed by atoms with Crippen molar-refractivity contribution in [1.82, 2.24) is 50.3 Å². The molecule has 0 aliphatic carbocycles. The third-order valence-electron chi connectivity index (χ3n) is 15.3. The van der Waals surface area contributed by atoms with E-state index in [1.165, 1.54) is 0 Å². The number of benzene rings is 5. The van der Waals surface area contributed by atoms with Gasteiger partial charge in [-0.3, -0.25) is 19.4 Å². The monoisotopic (exact) mass is 1640 g/mol. The highest BCUT2D eigenvalue weighted by Crippen LogP contribution is 2.42. The van der Waals surface area contributed by atoms with Crippen molar-refractivity contribution in [3.05, 3.63) is 268 Å². The van der Waals surface area contributed by atoms with Gasteiger partial charge in [0.2, 0.25) is 0 Å². The predicted molar refractivity (Wildman–Crippen MR) is 407 cm³/mol. The molecule has 25 heteroatoms. The third kappa shape index (κ3) is 16.8. The molecule has 0 unspecified atom stereocenters. The summed E-state index contributed by atoms with van der Waals surface area (Å²) in [5, 5.41) is 26.4. The Morgan fingerprint density at radius 2 is 0.729 bits per heavy atom. The SMILES string of the molecule is CCc1c(C(=O)N[C@@H](C)c2ccccc2)nn(-c2ccc(Cl)cc2Cl)c1-c1ccc(Br)s1.CCc1c(C(=O)N[C@@H](C)c2ccccn2)nn(-c2ccc(Cl)cc2Cl)c1-c1ccc(Br)s1.CCc1c(C(=O)N[C@H](C)c2ccccc2)nn(-c2ccc(Cl)cc2Cl)c1-c1ccc(Br)s1. The Kier molecular flexibility index (Phi) is 24.8. The molecule has 3 amide bonds. The van der Waals surface area contributed by atoms with E-state index in [2.05, 4.69) is 68.7 Å². The highest BCUT2D eigenvalue weighted by Gasteiger charge is 2.30. The minimum absolute atomic E-state index is 0.156. The first-order chi connectivity index (χ1) is 46.2. The van der Waals surface area contributed by atoms with Gasteiger partial charge in [-0.25, -0.2) is 14.0 Å². The molecule has 5 aromatic carbocycles. The molecule has 3 N–H and O–H groups in total. The average molecular weight is 1650 g/mol. The second-order valence-electron chi connectivity index (χ2n) is 21.6. The Hall–Kier alpha value is -6.43. The van der Waals surface area contributed by atoms with Crippen LogP contribution in [0.1, 0.15) is 125 Å². The Bertz CT molecular complexity index is 4280. The van der Waals surface area contributed by atoms with Gasteiger partial charge < -0.3 is 16.0 Å². The molecule has 7 aromatic heterocycles. The maximum absolute atomic E-state index is 13.3. The van der Waals surface area contributed by atoms with Crippen molar-refractivity contribution in [2.45, 2.75) is 78.9 Å². The number of nitrogens with one attached hydrogen (secondary N) is 3. The summed E-state index contributed by atoms with van der Waals surface area (Å²) in [6.45, 7) is 11.9. The van der Waals surface area contributed by atoms with Crippen LogP contribution in [0.15, 0.2) is 187 Å². The van der Waals surface area contributed by atoms with Crippen molar-refractivity contribution in [2.24, 2.45) is 0 Å². The largest absolute Gasteiger partial charge is 0.344 e. The molecule has 0 saturated carbocycles. The van der Waals surface area contributed by atoms with Gasteiger partial charge in [-0.15, -0.1) is 34.0 Å². The number of amides is 3. The van der Waals surface area contributed by atoms with Crippen LogP contribution in [0.2, 0.25) is 30.1 Å². The maximum atomic E-state index is 13.3. The number of carbonyl (C=O) groups is 3. The Labute approximate surface area is 623 Å². The summed E-state index contributed by atoms with van der Waals surface area (Å²) in [6, 6.07) is 52.5. The standard InChI is InChI=1S/2C24H20BrCl2N3OS.C23H19BrCl2N4OS/c2*1-3-17-22(24(31)28-14(2)15-7-5-4-6-8-15)29-30(19-10-9-16(26)13-18(19)27)23(17)20-11-12-21(25)32-20;1-3-15-21(23(31)28-13(2)17-6-4-5-11-27-17)29-30(18-8-7-14(25)12-16(18)26)22(15)19-9-10-20(24)32-19/h2*4-14H,3H2,1-2H3,(H,28,31);4-13H,3H2,1-2H3,(H,28,31)/t2*14-;13-/m100/s1. The van der Waals surface area contributed by atoms with E-state index in [0.29, 0.717) is 83.5 Å². The minimum Gasteiger partial charge on any atom is -0.344 e. The summed E-state index contributed by atoms with van der Waals surface area (Å²) in [7, 11) is 0. The molecular weight excluding hydrogens is 1590 g/mol. The van der Waals surface area contributed by atoms with Gasteiger partial charge in [0.15, 0.2) is 17.1 Å².